The van der Waals surface area contributed by atoms with Gasteiger partial charge in [-0.3, -0.25) is 0 Å². The zero-order chi connectivity index (χ0) is 18.6. The molecule has 0 saturated heterocycles. The maximum Gasteiger partial charge on any atom is 0.417 e. The van der Waals surface area contributed by atoms with Gasteiger partial charge in [0.2, 0.25) is 0 Å². The van der Waals surface area contributed by atoms with Gasteiger partial charge in [-0.2, -0.15) is 18.3 Å². The summed E-state index contributed by atoms with van der Waals surface area (Å²) in [5.41, 5.74) is 0.543. The van der Waals surface area contributed by atoms with E-state index in [1.54, 1.807) is 19.2 Å². The minimum absolute atomic E-state index is 0.0533. The van der Waals surface area contributed by atoms with Crippen molar-refractivity contribution < 1.29 is 22.7 Å². The first-order valence-electron chi connectivity index (χ1n) is 7.70. The summed E-state index contributed by atoms with van der Waals surface area (Å²) < 4.78 is 44.1. The van der Waals surface area contributed by atoms with Crippen LogP contribution < -0.4 is 0 Å². The van der Waals surface area contributed by atoms with Crippen LogP contribution in [-0.4, -0.2) is 27.3 Å². The first kappa shape index (κ1) is 18.7. The van der Waals surface area contributed by atoms with Crippen molar-refractivity contribution in [2.24, 2.45) is 0 Å². The Hall–Kier alpha value is -2.64. The first-order valence-corrected chi connectivity index (χ1v) is 7.70. The van der Waals surface area contributed by atoms with E-state index in [2.05, 4.69) is 10.1 Å². The molecule has 0 radical (unpaired) electrons. The Morgan fingerprint density at radius 2 is 2.08 bits per heavy atom. The maximum atomic E-state index is 12.6. The van der Waals surface area contributed by atoms with Crippen molar-refractivity contribution in [3.8, 4) is 5.82 Å². The number of rotatable bonds is 5. The number of hydrogen-bond donors (Lipinski definition) is 0. The zero-order valence-corrected chi connectivity index (χ0v) is 14.0. The second kappa shape index (κ2) is 7.50. The monoisotopic (exact) mass is 353 g/mol. The molecule has 25 heavy (non-hydrogen) atoms. The van der Waals surface area contributed by atoms with Crippen LogP contribution in [0.25, 0.3) is 11.9 Å². The fraction of sp³-hybridized carbons (Fsp3) is 0.353. The predicted octanol–water partition coefficient (Wildman–Crippen LogP) is 3.99. The molecule has 2 aromatic heterocycles. The molecular formula is C17H18F3N3O2. The molecule has 5 nitrogen and oxygen atoms in total. The molecule has 0 unspecified atom stereocenters. The van der Waals surface area contributed by atoms with E-state index in [-0.39, 0.29) is 18.3 Å². The average molecular weight is 353 g/mol. The van der Waals surface area contributed by atoms with E-state index in [4.69, 9.17) is 4.74 Å². The lowest BCUT2D eigenvalue weighted by atomic mass is 10.1. The summed E-state index contributed by atoms with van der Waals surface area (Å²) in [5.74, 6) is -0.166. The van der Waals surface area contributed by atoms with Gasteiger partial charge < -0.3 is 4.74 Å². The molecule has 0 fully saturated rings. The molecule has 2 aromatic rings. The van der Waals surface area contributed by atoms with Crippen LogP contribution in [0.5, 0.6) is 0 Å². The fourth-order valence-corrected chi connectivity index (χ4v) is 2.13. The molecule has 0 amide bonds. The molecule has 0 spiro atoms. The van der Waals surface area contributed by atoms with Crippen molar-refractivity contribution in [3.05, 3.63) is 47.4 Å². The summed E-state index contributed by atoms with van der Waals surface area (Å²) in [7, 11) is 0. The van der Waals surface area contributed by atoms with Gasteiger partial charge in [0, 0.05) is 24.0 Å². The predicted molar refractivity (Wildman–Crippen MR) is 86.1 cm³/mol. The number of carbonyl (C=O) groups excluding carboxylic acids is 1. The van der Waals surface area contributed by atoms with Crippen molar-refractivity contribution in [2.45, 2.75) is 32.9 Å². The third-order valence-corrected chi connectivity index (χ3v) is 3.31. The van der Waals surface area contributed by atoms with Crippen LogP contribution in [-0.2, 0) is 15.7 Å². The van der Waals surface area contributed by atoms with Crippen molar-refractivity contribution in [2.75, 3.05) is 6.61 Å². The van der Waals surface area contributed by atoms with E-state index in [0.29, 0.717) is 11.3 Å². The van der Waals surface area contributed by atoms with Gasteiger partial charge in [0.05, 0.1) is 17.9 Å². The summed E-state index contributed by atoms with van der Waals surface area (Å²) in [6, 6.07) is 2.20. The van der Waals surface area contributed by atoms with Gasteiger partial charge >= 0.3 is 12.1 Å². The summed E-state index contributed by atoms with van der Waals surface area (Å²) in [6.07, 6.45) is 0.797. The highest BCUT2D eigenvalue weighted by atomic mass is 19.4. The Bertz CT molecular complexity index is 762. The molecule has 134 valence electrons. The lowest BCUT2D eigenvalue weighted by Gasteiger charge is -2.06. The number of nitrogens with zero attached hydrogens (tertiary/aromatic N) is 3. The first-order chi connectivity index (χ1) is 11.7. The molecule has 2 heterocycles. The van der Waals surface area contributed by atoms with Gasteiger partial charge in [0.1, 0.15) is 0 Å². The van der Waals surface area contributed by atoms with Crippen LogP contribution in [0.2, 0.25) is 0 Å². The molecule has 0 saturated carbocycles. The standard InChI is InChI=1S/C17H18F3N3O2/c1-4-25-15(24)8-5-12-10-23(22-16(12)11(2)3)14-7-6-13(9-21-14)17(18,19)20/h5-11H,4H2,1-3H3/b8-5+. The van der Waals surface area contributed by atoms with Gasteiger partial charge in [0.25, 0.3) is 0 Å². The number of alkyl halides is 3. The van der Waals surface area contributed by atoms with Crippen LogP contribution in [0.3, 0.4) is 0 Å². The Morgan fingerprint density at radius 3 is 2.60 bits per heavy atom. The molecule has 8 heteroatoms. The molecule has 2 rings (SSSR count). The molecule has 0 atom stereocenters. The zero-order valence-electron chi connectivity index (χ0n) is 14.0. The van der Waals surface area contributed by atoms with E-state index in [9.17, 15) is 18.0 Å². The van der Waals surface area contributed by atoms with E-state index in [1.165, 1.54) is 16.8 Å². The lowest BCUT2D eigenvalue weighted by molar-refractivity contribution is -0.138. The molecule has 0 aliphatic heterocycles. The fourth-order valence-electron chi connectivity index (χ4n) is 2.13. The SMILES string of the molecule is CCOC(=O)/C=C/c1cn(-c2ccc(C(F)(F)F)cn2)nc1C(C)C. The molecule has 0 bridgehead atoms. The van der Waals surface area contributed by atoms with Gasteiger partial charge in [-0.05, 0) is 31.1 Å². The van der Waals surface area contributed by atoms with E-state index < -0.39 is 17.7 Å². The number of pyridine rings is 1. The molecular weight excluding hydrogens is 335 g/mol. The lowest BCUT2D eigenvalue weighted by Crippen LogP contribution is -2.07. The Labute approximate surface area is 143 Å². The average Bonchev–Trinajstić information content (AvgIpc) is 2.97. The van der Waals surface area contributed by atoms with Crippen LogP contribution in [0.4, 0.5) is 13.2 Å². The summed E-state index contributed by atoms with van der Waals surface area (Å²) in [5, 5.41) is 4.37. The minimum atomic E-state index is -4.44. The maximum absolute atomic E-state index is 12.6. The molecule has 0 aliphatic rings. The topological polar surface area (TPSA) is 57.0 Å². The Kier molecular flexibility index (Phi) is 5.61. The molecule has 0 aliphatic carbocycles. The number of ether oxygens (including phenoxy) is 1. The second-order valence-electron chi connectivity index (χ2n) is 5.56. The van der Waals surface area contributed by atoms with E-state index in [1.807, 2.05) is 13.8 Å². The van der Waals surface area contributed by atoms with Crippen molar-refractivity contribution in [1.29, 1.82) is 0 Å². The highest BCUT2D eigenvalue weighted by molar-refractivity contribution is 5.87. The smallest absolute Gasteiger partial charge is 0.417 e. The van der Waals surface area contributed by atoms with Crippen LogP contribution >= 0.6 is 0 Å². The third kappa shape index (κ3) is 4.68. The van der Waals surface area contributed by atoms with E-state index in [0.717, 1.165) is 12.3 Å². The quantitative estimate of drug-likeness (QED) is 0.602. The summed E-state index contributed by atoms with van der Waals surface area (Å²) in [4.78, 5) is 15.3. The Balaban J connectivity index is 2.33. The number of halogens is 3. The second-order valence-corrected chi connectivity index (χ2v) is 5.56. The molecule has 0 aromatic carbocycles. The Morgan fingerprint density at radius 1 is 1.36 bits per heavy atom. The number of hydrogen-bond acceptors (Lipinski definition) is 4. The van der Waals surface area contributed by atoms with E-state index >= 15 is 0 Å². The van der Waals surface area contributed by atoms with Gasteiger partial charge in [-0.25, -0.2) is 14.5 Å². The van der Waals surface area contributed by atoms with Crippen molar-refractivity contribution in [1.82, 2.24) is 14.8 Å². The van der Waals surface area contributed by atoms with Gasteiger partial charge in [-0.15, -0.1) is 0 Å². The number of aromatic nitrogens is 3. The number of esters is 1. The largest absolute Gasteiger partial charge is 0.463 e. The summed E-state index contributed by atoms with van der Waals surface area (Å²) in [6.45, 7) is 5.83. The van der Waals surface area contributed by atoms with Crippen LogP contribution in [0.1, 0.15) is 43.5 Å². The van der Waals surface area contributed by atoms with Gasteiger partial charge in [-0.1, -0.05) is 13.8 Å². The summed E-state index contributed by atoms with van der Waals surface area (Å²) >= 11 is 0. The minimum Gasteiger partial charge on any atom is -0.463 e. The highest BCUT2D eigenvalue weighted by Gasteiger charge is 2.30. The number of carbonyl (C=O) groups is 1. The van der Waals surface area contributed by atoms with Gasteiger partial charge in [0.15, 0.2) is 5.82 Å². The van der Waals surface area contributed by atoms with Crippen molar-refractivity contribution in [3.63, 3.8) is 0 Å². The highest BCUT2D eigenvalue weighted by Crippen LogP contribution is 2.29. The normalized spacial score (nSPS) is 12.1. The molecule has 0 N–H and O–H groups in total. The van der Waals surface area contributed by atoms with Crippen LogP contribution in [0.15, 0.2) is 30.6 Å². The van der Waals surface area contributed by atoms with Crippen LogP contribution in [0, 0.1) is 0 Å². The van der Waals surface area contributed by atoms with Crippen molar-refractivity contribution >= 4 is 12.0 Å². The third-order valence-electron chi connectivity index (χ3n) is 3.31.